The number of nitrogen functional groups attached to an aromatic ring is 1. The Bertz CT molecular complexity index is 345. The summed E-state index contributed by atoms with van der Waals surface area (Å²) in [7, 11) is 0. The Hall–Kier alpha value is -1.02. The maximum atomic E-state index is 5.93. The fraction of sp³-hybridized carbons (Fsp3) is 0.625. The maximum Gasteiger partial charge on any atom is 0.0359 e. The van der Waals surface area contributed by atoms with Crippen molar-refractivity contribution >= 4 is 5.69 Å². The molecule has 0 spiro atoms. The lowest BCUT2D eigenvalue weighted by molar-refractivity contribution is 0.302. The lowest BCUT2D eigenvalue weighted by Gasteiger charge is -2.25. The van der Waals surface area contributed by atoms with Gasteiger partial charge in [0.05, 0.1) is 0 Å². The van der Waals surface area contributed by atoms with Gasteiger partial charge in [-0.15, -0.1) is 0 Å². The molecule has 0 saturated heterocycles. The Balaban J connectivity index is 2.30. The summed E-state index contributed by atoms with van der Waals surface area (Å²) in [6, 6.07) is 8.07. The quantitative estimate of drug-likeness (QED) is 0.540. The highest BCUT2D eigenvalue weighted by molar-refractivity contribution is 5.46. The average Bonchev–Trinajstić information content (AvgIpc) is 2.32. The molecule has 0 aliphatic rings. The highest BCUT2D eigenvalue weighted by Crippen LogP contribution is 2.23. The number of rotatable bonds is 8. The van der Waals surface area contributed by atoms with Crippen molar-refractivity contribution in [2.24, 2.45) is 5.41 Å². The minimum absolute atomic E-state index is 0.374. The summed E-state index contributed by atoms with van der Waals surface area (Å²) in [5.41, 5.74) is 8.38. The number of benzene rings is 1. The molecule has 0 aromatic heterocycles. The van der Waals surface area contributed by atoms with Crippen molar-refractivity contribution in [2.75, 3.05) is 12.3 Å². The van der Waals surface area contributed by atoms with Gasteiger partial charge in [-0.1, -0.05) is 58.2 Å². The minimum atomic E-state index is 0.374. The molecule has 0 saturated carbocycles. The van der Waals surface area contributed by atoms with Crippen LogP contribution in [0, 0.1) is 5.41 Å². The van der Waals surface area contributed by atoms with Gasteiger partial charge in [-0.25, -0.2) is 0 Å². The van der Waals surface area contributed by atoms with Gasteiger partial charge in [-0.05, 0) is 23.5 Å². The number of unbranched alkanes of at least 4 members (excludes halogenated alkanes) is 2. The molecule has 0 aliphatic heterocycles. The van der Waals surface area contributed by atoms with Gasteiger partial charge in [0.25, 0.3) is 0 Å². The molecule has 1 rings (SSSR count). The van der Waals surface area contributed by atoms with E-state index in [9.17, 15) is 0 Å². The normalized spacial score (nSPS) is 11.7. The first-order valence-corrected chi connectivity index (χ1v) is 7.09. The number of nitrogens with two attached hydrogens (primary N) is 1. The molecule has 0 heterocycles. The number of hydrogen-bond donors (Lipinski definition) is 2. The largest absolute Gasteiger partial charge is 0.398 e. The van der Waals surface area contributed by atoms with Crippen LogP contribution in [0.15, 0.2) is 24.3 Å². The summed E-state index contributed by atoms with van der Waals surface area (Å²) < 4.78 is 0. The molecule has 3 N–H and O–H groups in total. The van der Waals surface area contributed by atoms with E-state index in [4.69, 9.17) is 5.73 Å². The van der Waals surface area contributed by atoms with E-state index in [-0.39, 0.29) is 0 Å². The zero-order valence-electron chi connectivity index (χ0n) is 12.1. The summed E-state index contributed by atoms with van der Waals surface area (Å²) in [5, 5.41) is 3.53. The molecule has 0 radical (unpaired) electrons. The Morgan fingerprint density at radius 1 is 1.17 bits per heavy atom. The van der Waals surface area contributed by atoms with Crippen molar-refractivity contribution in [3.05, 3.63) is 29.8 Å². The topological polar surface area (TPSA) is 38.0 Å². The van der Waals surface area contributed by atoms with Crippen LogP contribution in [0.3, 0.4) is 0 Å². The lowest BCUT2D eigenvalue weighted by Crippen LogP contribution is -2.29. The van der Waals surface area contributed by atoms with E-state index < -0.39 is 0 Å². The highest BCUT2D eigenvalue weighted by Gasteiger charge is 2.16. The average molecular weight is 248 g/mol. The van der Waals surface area contributed by atoms with Crippen LogP contribution < -0.4 is 11.1 Å². The molecular formula is C16H28N2. The molecular weight excluding hydrogens is 220 g/mol. The highest BCUT2D eigenvalue weighted by atomic mass is 14.9. The number of anilines is 1. The second-order valence-corrected chi connectivity index (χ2v) is 5.92. The summed E-state index contributed by atoms with van der Waals surface area (Å²) in [5.74, 6) is 0. The van der Waals surface area contributed by atoms with Crippen molar-refractivity contribution in [1.82, 2.24) is 5.32 Å². The van der Waals surface area contributed by atoms with Gasteiger partial charge >= 0.3 is 0 Å². The maximum absolute atomic E-state index is 5.93. The van der Waals surface area contributed by atoms with E-state index >= 15 is 0 Å². The first-order chi connectivity index (χ1) is 8.55. The van der Waals surface area contributed by atoms with Crippen molar-refractivity contribution in [3.63, 3.8) is 0 Å². The van der Waals surface area contributed by atoms with Gasteiger partial charge in [-0.3, -0.25) is 0 Å². The van der Waals surface area contributed by atoms with Crippen molar-refractivity contribution in [3.8, 4) is 0 Å². The molecule has 2 heteroatoms. The smallest absolute Gasteiger partial charge is 0.0359 e. The second-order valence-electron chi connectivity index (χ2n) is 5.92. The van der Waals surface area contributed by atoms with Crippen LogP contribution in [0.2, 0.25) is 0 Å². The van der Waals surface area contributed by atoms with Crippen molar-refractivity contribution in [1.29, 1.82) is 0 Å². The van der Waals surface area contributed by atoms with E-state index in [0.29, 0.717) is 5.41 Å². The van der Waals surface area contributed by atoms with E-state index in [1.807, 2.05) is 18.2 Å². The van der Waals surface area contributed by atoms with Crippen LogP contribution in [0.1, 0.15) is 52.0 Å². The van der Waals surface area contributed by atoms with E-state index in [1.165, 1.54) is 31.2 Å². The Labute approximate surface area is 112 Å². The van der Waals surface area contributed by atoms with Gasteiger partial charge in [0.15, 0.2) is 0 Å². The van der Waals surface area contributed by atoms with Crippen LogP contribution >= 0.6 is 0 Å². The van der Waals surface area contributed by atoms with E-state index in [0.717, 1.165) is 18.8 Å². The zero-order valence-corrected chi connectivity index (χ0v) is 12.1. The fourth-order valence-corrected chi connectivity index (χ4v) is 2.17. The molecule has 102 valence electrons. The zero-order chi connectivity index (χ0) is 13.4. The molecule has 0 bridgehead atoms. The Kier molecular flexibility index (Phi) is 6.20. The molecule has 1 aromatic carbocycles. The predicted octanol–water partition coefficient (Wildman–Crippen LogP) is 3.96. The number of hydrogen-bond acceptors (Lipinski definition) is 2. The van der Waals surface area contributed by atoms with E-state index in [1.54, 1.807) is 0 Å². The van der Waals surface area contributed by atoms with Crippen molar-refractivity contribution in [2.45, 2.75) is 53.0 Å². The molecule has 1 aromatic rings. The summed E-state index contributed by atoms with van der Waals surface area (Å²) in [6.45, 7) is 8.84. The van der Waals surface area contributed by atoms with Crippen LogP contribution in [0.4, 0.5) is 5.69 Å². The van der Waals surface area contributed by atoms with Gasteiger partial charge in [0.1, 0.15) is 0 Å². The molecule has 2 nitrogen and oxygen atoms in total. The molecule has 0 amide bonds. The first-order valence-electron chi connectivity index (χ1n) is 7.09. The fourth-order valence-electron chi connectivity index (χ4n) is 2.17. The van der Waals surface area contributed by atoms with Crippen molar-refractivity contribution < 1.29 is 0 Å². The molecule has 0 aliphatic carbocycles. The molecule has 0 unspecified atom stereocenters. The second kappa shape index (κ2) is 7.42. The lowest BCUT2D eigenvalue weighted by atomic mass is 9.87. The monoisotopic (exact) mass is 248 g/mol. The van der Waals surface area contributed by atoms with Gasteiger partial charge in [0, 0.05) is 18.8 Å². The Morgan fingerprint density at radius 2 is 1.89 bits per heavy atom. The summed E-state index contributed by atoms with van der Waals surface area (Å²) >= 11 is 0. The molecule has 0 atom stereocenters. The standard InChI is InChI=1S/C16H28N2/c1-4-5-8-11-16(2,3)13-18-12-14-9-6-7-10-15(14)17/h6-7,9-10,18H,4-5,8,11-13,17H2,1-3H3. The van der Waals surface area contributed by atoms with Gasteiger partial charge < -0.3 is 11.1 Å². The molecule has 0 fully saturated rings. The van der Waals surface area contributed by atoms with Gasteiger partial charge in [0.2, 0.25) is 0 Å². The van der Waals surface area contributed by atoms with Crippen LogP contribution in [-0.2, 0) is 6.54 Å². The van der Waals surface area contributed by atoms with E-state index in [2.05, 4.69) is 32.2 Å². The third-order valence-electron chi connectivity index (χ3n) is 3.43. The SMILES string of the molecule is CCCCCC(C)(C)CNCc1ccccc1N. The van der Waals surface area contributed by atoms with Crippen LogP contribution in [0.25, 0.3) is 0 Å². The Morgan fingerprint density at radius 3 is 2.56 bits per heavy atom. The third-order valence-corrected chi connectivity index (χ3v) is 3.43. The predicted molar refractivity (Wildman–Crippen MR) is 80.5 cm³/mol. The third kappa shape index (κ3) is 5.54. The number of para-hydroxylation sites is 1. The summed E-state index contributed by atoms with van der Waals surface area (Å²) in [4.78, 5) is 0. The van der Waals surface area contributed by atoms with Crippen LogP contribution in [-0.4, -0.2) is 6.54 Å². The number of nitrogens with one attached hydrogen (secondary N) is 1. The first kappa shape index (κ1) is 15.0. The van der Waals surface area contributed by atoms with Crippen LogP contribution in [0.5, 0.6) is 0 Å². The molecule has 18 heavy (non-hydrogen) atoms. The van der Waals surface area contributed by atoms with Gasteiger partial charge in [-0.2, -0.15) is 0 Å². The minimum Gasteiger partial charge on any atom is -0.398 e. The summed E-state index contributed by atoms with van der Waals surface area (Å²) in [6.07, 6.45) is 5.26.